The van der Waals surface area contributed by atoms with Gasteiger partial charge in [0.2, 0.25) is 0 Å². The molecule has 0 fully saturated rings. The molecule has 90 valence electrons. The van der Waals surface area contributed by atoms with Crippen molar-refractivity contribution in [3.8, 4) is 0 Å². The molecule has 0 atom stereocenters. The zero-order valence-corrected chi connectivity index (χ0v) is 11.3. The first kappa shape index (κ1) is 15.2. The highest BCUT2D eigenvalue weighted by molar-refractivity contribution is 9.09. The van der Waals surface area contributed by atoms with E-state index in [0.717, 1.165) is 24.6 Å². The smallest absolute Gasteiger partial charge is 0.305 e. The van der Waals surface area contributed by atoms with E-state index in [2.05, 4.69) is 51.0 Å². The number of hydrogen-bond donors (Lipinski definition) is 0. The molecule has 0 heterocycles. The third kappa shape index (κ3) is 11.2. The average molecular weight is 287 g/mol. The molecule has 0 aromatic heterocycles. The van der Waals surface area contributed by atoms with Crippen molar-refractivity contribution >= 4 is 21.9 Å². The second-order valence-corrected chi connectivity index (χ2v) is 3.80. The Bertz CT molecular complexity index is 255. The Morgan fingerprint density at radius 3 is 2.19 bits per heavy atom. The summed E-state index contributed by atoms with van der Waals surface area (Å²) in [6.45, 7) is 0. The monoisotopic (exact) mass is 286 g/mol. The van der Waals surface area contributed by atoms with Gasteiger partial charge >= 0.3 is 5.97 Å². The van der Waals surface area contributed by atoms with Crippen LogP contribution in [0.25, 0.3) is 0 Å². The number of ether oxygens (including phenoxy) is 1. The fourth-order valence-corrected chi connectivity index (χ4v) is 1.29. The number of esters is 1. The minimum atomic E-state index is -0.153. The molecule has 0 N–H and O–H groups in total. The van der Waals surface area contributed by atoms with Crippen molar-refractivity contribution in [3.05, 3.63) is 36.5 Å². The van der Waals surface area contributed by atoms with Crippen molar-refractivity contribution in [1.29, 1.82) is 0 Å². The topological polar surface area (TPSA) is 26.3 Å². The number of alkyl halides is 1. The van der Waals surface area contributed by atoms with Gasteiger partial charge in [-0.1, -0.05) is 52.4 Å². The Balaban J connectivity index is 3.40. The summed E-state index contributed by atoms with van der Waals surface area (Å²) in [5.41, 5.74) is 0. The number of rotatable bonds is 8. The van der Waals surface area contributed by atoms with Gasteiger partial charge in [0, 0.05) is 11.8 Å². The van der Waals surface area contributed by atoms with Gasteiger partial charge in [-0.05, 0) is 19.3 Å². The Hall–Kier alpha value is -0.830. The third-order valence-electron chi connectivity index (χ3n) is 1.88. The lowest BCUT2D eigenvalue weighted by molar-refractivity contribution is -0.140. The molecule has 0 bridgehead atoms. The number of methoxy groups -OCH3 is 1. The Morgan fingerprint density at radius 1 is 1.06 bits per heavy atom. The summed E-state index contributed by atoms with van der Waals surface area (Å²) in [6.07, 6.45) is 15.6. The van der Waals surface area contributed by atoms with Crippen LogP contribution in [-0.4, -0.2) is 18.4 Å². The van der Waals surface area contributed by atoms with E-state index in [1.165, 1.54) is 7.11 Å². The molecule has 0 saturated carbocycles. The summed E-state index contributed by atoms with van der Waals surface area (Å²) in [4.78, 5) is 10.8. The number of carbonyl (C=O) groups is 1. The van der Waals surface area contributed by atoms with Crippen LogP contribution in [0.1, 0.15) is 25.7 Å². The Morgan fingerprint density at radius 2 is 1.62 bits per heavy atom. The van der Waals surface area contributed by atoms with E-state index in [4.69, 9.17) is 0 Å². The molecule has 0 unspecified atom stereocenters. The van der Waals surface area contributed by atoms with Crippen molar-refractivity contribution in [2.45, 2.75) is 25.7 Å². The minimum absolute atomic E-state index is 0.153. The van der Waals surface area contributed by atoms with Crippen molar-refractivity contribution < 1.29 is 9.53 Å². The summed E-state index contributed by atoms with van der Waals surface area (Å²) in [5, 5.41) is 0.911. The molecule has 0 aromatic carbocycles. The van der Waals surface area contributed by atoms with E-state index in [1.807, 2.05) is 6.08 Å². The van der Waals surface area contributed by atoms with Crippen LogP contribution in [0.2, 0.25) is 0 Å². The van der Waals surface area contributed by atoms with Gasteiger partial charge in [0.15, 0.2) is 0 Å². The standard InChI is InChI=1S/C13H19BrO2/c1-16-13(15)11-9-7-5-3-2-4-6-8-10-12-14/h2,4-5,7-8,10H,3,6,9,11-12H2,1H3. The quantitative estimate of drug-likeness (QED) is 0.386. The van der Waals surface area contributed by atoms with Gasteiger partial charge < -0.3 is 4.74 Å². The maximum absolute atomic E-state index is 10.8. The normalized spacial score (nSPS) is 11.9. The molecule has 0 saturated heterocycles. The number of carbonyl (C=O) groups excluding carboxylic acids is 1. The van der Waals surface area contributed by atoms with Crippen LogP contribution in [-0.2, 0) is 9.53 Å². The molecule has 16 heavy (non-hydrogen) atoms. The summed E-state index contributed by atoms with van der Waals surface area (Å²) >= 11 is 3.32. The van der Waals surface area contributed by atoms with Crippen LogP contribution in [0.15, 0.2) is 36.5 Å². The number of hydrogen-bond acceptors (Lipinski definition) is 2. The van der Waals surface area contributed by atoms with Gasteiger partial charge in [0.05, 0.1) is 7.11 Å². The molecule has 2 nitrogen and oxygen atoms in total. The molecule has 0 aromatic rings. The summed E-state index contributed by atoms with van der Waals surface area (Å²) in [5.74, 6) is -0.153. The van der Waals surface area contributed by atoms with Crippen LogP contribution >= 0.6 is 15.9 Å². The number of halogens is 1. The lowest BCUT2D eigenvalue weighted by Gasteiger charge is -1.93. The van der Waals surface area contributed by atoms with E-state index in [1.54, 1.807) is 0 Å². The van der Waals surface area contributed by atoms with E-state index in [0.29, 0.717) is 6.42 Å². The van der Waals surface area contributed by atoms with Gasteiger partial charge in [-0.15, -0.1) is 0 Å². The van der Waals surface area contributed by atoms with Crippen molar-refractivity contribution in [1.82, 2.24) is 0 Å². The molecule has 0 aliphatic rings. The number of allylic oxidation sites excluding steroid dienone is 6. The molecule has 0 spiro atoms. The first-order chi connectivity index (χ1) is 7.81. The van der Waals surface area contributed by atoms with Crippen LogP contribution in [0.5, 0.6) is 0 Å². The third-order valence-corrected chi connectivity index (χ3v) is 2.25. The van der Waals surface area contributed by atoms with Gasteiger partial charge in [-0.25, -0.2) is 0 Å². The maximum atomic E-state index is 10.8. The van der Waals surface area contributed by atoms with Crippen LogP contribution in [0, 0.1) is 0 Å². The van der Waals surface area contributed by atoms with Gasteiger partial charge in [0.1, 0.15) is 0 Å². The molecule has 0 amide bonds. The van der Waals surface area contributed by atoms with Crippen LogP contribution in [0.4, 0.5) is 0 Å². The van der Waals surface area contributed by atoms with Crippen molar-refractivity contribution in [3.63, 3.8) is 0 Å². The van der Waals surface area contributed by atoms with E-state index < -0.39 is 0 Å². The predicted molar refractivity (Wildman–Crippen MR) is 71.7 cm³/mol. The van der Waals surface area contributed by atoms with Crippen molar-refractivity contribution in [2.24, 2.45) is 0 Å². The fraction of sp³-hybridized carbons (Fsp3) is 0.462. The summed E-state index contributed by atoms with van der Waals surface area (Å²) < 4.78 is 4.53. The molecule has 3 heteroatoms. The Labute approximate surface area is 106 Å². The highest BCUT2D eigenvalue weighted by Gasteiger charge is 1.94. The SMILES string of the molecule is COC(=O)CCC=CCC=CCC=CCBr. The molecule has 0 radical (unpaired) electrons. The first-order valence-electron chi connectivity index (χ1n) is 5.39. The maximum Gasteiger partial charge on any atom is 0.305 e. The Kier molecular flexibility index (Phi) is 11.6. The molecule has 0 rings (SSSR count). The van der Waals surface area contributed by atoms with Crippen molar-refractivity contribution in [2.75, 3.05) is 12.4 Å². The summed E-state index contributed by atoms with van der Waals surface area (Å²) in [7, 11) is 1.41. The summed E-state index contributed by atoms with van der Waals surface area (Å²) in [6, 6.07) is 0. The molecule has 0 aliphatic carbocycles. The molecule has 0 aliphatic heterocycles. The zero-order valence-electron chi connectivity index (χ0n) is 9.69. The predicted octanol–water partition coefficient (Wildman–Crippen LogP) is 3.78. The lowest BCUT2D eigenvalue weighted by atomic mass is 10.2. The van der Waals surface area contributed by atoms with Gasteiger partial charge in [0.25, 0.3) is 0 Å². The second-order valence-electron chi connectivity index (χ2n) is 3.15. The lowest BCUT2D eigenvalue weighted by Crippen LogP contribution is -1.97. The first-order valence-corrected chi connectivity index (χ1v) is 6.51. The van der Waals surface area contributed by atoms with E-state index >= 15 is 0 Å². The average Bonchev–Trinajstić information content (AvgIpc) is 2.31. The van der Waals surface area contributed by atoms with Crippen LogP contribution < -0.4 is 0 Å². The minimum Gasteiger partial charge on any atom is -0.469 e. The highest BCUT2D eigenvalue weighted by atomic mass is 79.9. The van der Waals surface area contributed by atoms with Gasteiger partial charge in [-0.2, -0.15) is 0 Å². The van der Waals surface area contributed by atoms with E-state index in [-0.39, 0.29) is 5.97 Å². The second kappa shape index (κ2) is 12.2. The fourth-order valence-electron chi connectivity index (χ4n) is 1.03. The van der Waals surface area contributed by atoms with E-state index in [9.17, 15) is 4.79 Å². The molecular formula is C13H19BrO2. The zero-order chi connectivity index (χ0) is 12.1. The van der Waals surface area contributed by atoms with Gasteiger partial charge in [-0.3, -0.25) is 4.79 Å². The molecular weight excluding hydrogens is 268 g/mol. The van der Waals surface area contributed by atoms with Crippen LogP contribution in [0.3, 0.4) is 0 Å². The largest absolute Gasteiger partial charge is 0.469 e. The highest BCUT2D eigenvalue weighted by Crippen LogP contribution is 1.96.